The second-order valence-corrected chi connectivity index (χ2v) is 12.3. The standard InChI is InChI=1S/C45H25N5/c46-26-29-20-23-44-39(24-29)35-13-3-7-18-42(35)50(44)43-19-8-4-14-37(43)45-31(28-48)10-9-15-36(45)38-25-32(22-21-30(38)27-47)49-40-16-5-1-11-33(40)34-12-2-6-17-41(34)49/h1-25H. The number of benzene rings is 7. The molecule has 0 aliphatic rings. The van der Waals surface area contributed by atoms with Crippen molar-refractivity contribution in [1.29, 1.82) is 15.8 Å². The smallest absolute Gasteiger partial charge is 0.0998 e. The van der Waals surface area contributed by atoms with Gasteiger partial charge in [0.05, 0.1) is 62.7 Å². The third-order valence-corrected chi connectivity index (χ3v) is 9.65. The topological polar surface area (TPSA) is 81.2 Å². The first-order chi connectivity index (χ1) is 24.7. The van der Waals surface area contributed by atoms with Gasteiger partial charge in [-0.2, -0.15) is 15.8 Å². The van der Waals surface area contributed by atoms with Crippen molar-refractivity contribution in [2.24, 2.45) is 0 Å². The highest BCUT2D eigenvalue weighted by Crippen LogP contribution is 2.43. The van der Waals surface area contributed by atoms with Gasteiger partial charge in [0.1, 0.15) is 0 Å². The van der Waals surface area contributed by atoms with Gasteiger partial charge in [-0.05, 0) is 72.3 Å². The number of rotatable bonds is 4. The molecule has 0 N–H and O–H groups in total. The molecule has 0 atom stereocenters. The van der Waals surface area contributed by atoms with E-state index in [4.69, 9.17) is 0 Å². The molecular weight excluding hydrogens is 611 g/mol. The van der Waals surface area contributed by atoms with Crippen molar-refractivity contribution in [3.05, 3.63) is 168 Å². The first-order valence-electron chi connectivity index (χ1n) is 16.3. The lowest BCUT2D eigenvalue weighted by atomic mass is 9.88. The highest BCUT2D eigenvalue weighted by molar-refractivity contribution is 6.11. The fourth-order valence-corrected chi connectivity index (χ4v) is 7.53. The van der Waals surface area contributed by atoms with E-state index in [-0.39, 0.29) is 0 Å². The summed E-state index contributed by atoms with van der Waals surface area (Å²) < 4.78 is 4.45. The zero-order valence-corrected chi connectivity index (χ0v) is 26.7. The van der Waals surface area contributed by atoms with Gasteiger partial charge < -0.3 is 9.13 Å². The van der Waals surface area contributed by atoms with Gasteiger partial charge in [-0.3, -0.25) is 0 Å². The Morgan fingerprint density at radius 3 is 1.64 bits per heavy atom. The Balaban J connectivity index is 1.33. The summed E-state index contributed by atoms with van der Waals surface area (Å²) in [5.74, 6) is 0. The number of para-hydroxylation sites is 4. The maximum Gasteiger partial charge on any atom is 0.0998 e. The van der Waals surface area contributed by atoms with Crippen LogP contribution in [0.2, 0.25) is 0 Å². The monoisotopic (exact) mass is 635 g/mol. The van der Waals surface area contributed by atoms with Crippen molar-refractivity contribution in [2.75, 3.05) is 0 Å². The van der Waals surface area contributed by atoms with Crippen LogP contribution in [0, 0.1) is 34.0 Å². The molecule has 9 aromatic rings. The largest absolute Gasteiger partial charge is 0.309 e. The molecule has 230 valence electrons. The summed E-state index contributed by atoms with van der Waals surface area (Å²) in [4.78, 5) is 0. The van der Waals surface area contributed by atoms with E-state index in [2.05, 4.69) is 88.0 Å². The Kier molecular flexibility index (Phi) is 6.56. The summed E-state index contributed by atoms with van der Waals surface area (Å²) in [5.41, 5.74) is 10.7. The Morgan fingerprint density at radius 1 is 0.380 bits per heavy atom. The predicted molar refractivity (Wildman–Crippen MR) is 200 cm³/mol. The first kappa shape index (κ1) is 28.8. The number of fused-ring (bicyclic) bond motifs is 6. The van der Waals surface area contributed by atoms with E-state index in [0.29, 0.717) is 16.7 Å². The minimum Gasteiger partial charge on any atom is -0.309 e. The van der Waals surface area contributed by atoms with Crippen LogP contribution in [-0.4, -0.2) is 9.13 Å². The molecule has 0 aliphatic carbocycles. The molecule has 0 spiro atoms. The SMILES string of the molecule is N#Cc1ccc2c(c1)c1ccccc1n2-c1ccccc1-c1c(C#N)cccc1-c1cc(-n2c3ccccc3c3ccccc32)ccc1C#N. The molecule has 0 amide bonds. The number of nitrogens with zero attached hydrogens (tertiary/aromatic N) is 5. The summed E-state index contributed by atoms with van der Waals surface area (Å²) in [6, 6.07) is 57.6. The van der Waals surface area contributed by atoms with Crippen molar-refractivity contribution in [3.63, 3.8) is 0 Å². The van der Waals surface area contributed by atoms with Crippen molar-refractivity contribution in [3.8, 4) is 51.8 Å². The predicted octanol–water partition coefficient (Wildman–Crippen LogP) is 10.8. The van der Waals surface area contributed by atoms with Crippen LogP contribution < -0.4 is 0 Å². The third kappa shape index (κ3) is 4.24. The molecular formula is C45H25N5. The summed E-state index contributed by atoms with van der Waals surface area (Å²) in [7, 11) is 0. The van der Waals surface area contributed by atoms with Crippen LogP contribution in [0.15, 0.2) is 152 Å². The maximum absolute atomic E-state index is 10.6. The van der Waals surface area contributed by atoms with Crippen molar-refractivity contribution in [1.82, 2.24) is 9.13 Å². The molecule has 0 saturated carbocycles. The van der Waals surface area contributed by atoms with Crippen LogP contribution in [0.4, 0.5) is 0 Å². The average Bonchev–Trinajstić information content (AvgIpc) is 3.70. The van der Waals surface area contributed by atoms with Gasteiger partial charge >= 0.3 is 0 Å². The lowest BCUT2D eigenvalue weighted by Crippen LogP contribution is -2.01. The van der Waals surface area contributed by atoms with Crippen LogP contribution >= 0.6 is 0 Å². The number of nitriles is 3. The number of hydrogen-bond acceptors (Lipinski definition) is 3. The van der Waals surface area contributed by atoms with E-state index < -0.39 is 0 Å². The van der Waals surface area contributed by atoms with Crippen molar-refractivity contribution >= 4 is 43.6 Å². The van der Waals surface area contributed by atoms with E-state index in [0.717, 1.165) is 77.2 Å². The summed E-state index contributed by atoms with van der Waals surface area (Å²) in [5, 5.41) is 35.1. The van der Waals surface area contributed by atoms with Crippen LogP contribution in [0.1, 0.15) is 16.7 Å². The van der Waals surface area contributed by atoms with Gasteiger partial charge in [0.25, 0.3) is 0 Å². The van der Waals surface area contributed by atoms with Crippen LogP contribution in [-0.2, 0) is 0 Å². The second kappa shape index (κ2) is 11.4. The van der Waals surface area contributed by atoms with Crippen molar-refractivity contribution in [2.45, 2.75) is 0 Å². The molecule has 0 bridgehead atoms. The molecule has 50 heavy (non-hydrogen) atoms. The van der Waals surface area contributed by atoms with E-state index in [1.807, 2.05) is 91.0 Å². The van der Waals surface area contributed by atoms with Crippen LogP contribution in [0.5, 0.6) is 0 Å². The first-order valence-corrected chi connectivity index (χ1v) is 16.3. The fraction of sp³-hybridized carbons (Fsp3) is 0. The lowest BCUT2D eigenvalue weighted by Gasteiger charge is -2.19. The molecule has 0 radical (unpaired) electrons. The quantitative estimate of drug-likeness (QED) is 0.193. The minimum atomic E-state index is 0.508. The van der Waals surface area contributed by atoms with E-state index in [1.54, 1.807) is 0 Å². The molecule has 0 aliphatic heterocycles. The summed E-state index contributed by atoms with van der Waals surface area (Å²) in [6.07, 6.45) is 0. The minimum absolute atomic E-state index is 0.508. The van der Waals surface area contributed by atoms with Gasteiger partial charge in [-0.25, -0.2) is 0 Å². The number of aromatic nitrogens is 2. The molecule has 2 aromatic heterocycles. The second-order valence-electron chi connectivity index (χ2n) is 12.3. The molecule has 5 heteroatoms. The summed E-state index contributed by atoms with van der Waals surface area (Å²) in [6.45, 7) is 0. The van der Waals surface area contributed by atoms with Gasteiger partial charge in [0.2, 0.25) is 0 Å². The van der Waals surface area contributed by atoms with E-state index >= 15 is 0 Å². The molecule has 7 aromatic carbocycles. The molecule has 2 heterocycles. The van der Waals surface area contributed by atoms with Crippen LogP contribution in [0.3, 0.4) is 0 Å². The molecule has 9 rings (SSSR count). The Labute approximate surface area is 287 Å². The van der Waals surface area contributed by atoms with Gasteiger partial charge in [0.15, 0.2) is 0 Å². The highest BCUT2D eigenvalue weighted by Gasteiger charge is 2.22. The Hall–Kier alpha value is -7.39. The average molecular weight is 636 g/mol. The summed E-state index contributed by atoms with van der Waals surface area (Å²) >= 11 is 0. The molecule has 5 nitrogen and oxygen atoms in total. The molecule has 0 fully saturated rings. The molecule has 0 unspecified atom stereocenters. The van der Waals surface area contributed by atoms with Gasteiger partial charge in [-0.15, -0.1) is 0 Å². The zero-order chi connectivity index (χ0) is 33.8. The van der Waals surface area contributed by atoms with E-state index in [1.165, 1.54) is 0 Å². The zero-order valence-electron chi connectivity index (χ0n) is 26.7. The molecule has 0 saturated heterocycles. The van der Waals surface area contributed by atoms with Crippen LogP contribution in [0.25, 0.3) is 77.2 Å². The Morgan fingerprint density at radius 2 is 0.960 bits per heavy atom. The third-order valence-electron chi connectivity index (χ3n) is 9.65. The maximum atomic E-state index is 10.6. The normalized spacial score (nSPS) is 11.1. The Bertz CT molecular complexity index is 2920. The number of hydrogen-bond donors (Lipinski definition) is 0. The van der Waals surface area contributed by atoms with Gasteiger partial charge in [-0.1, -0.05) is 84.9 Å². The van der Waals surface area contributed by atoms with Crippen molar-refractivity contribution < 1.29 is 0 Å². The highest BCUT2D eigenvalue weighted by atomic mass is 15.0. The lowest BCUT2D eigenvalue weighted by molar-refractivity contribution is 1.18. The van der Waals surface area contributed by atoms with E-state index in [9.17, 15) is 15.8 Å². The fourth-order valence-electron chi connectivity index (χ4n) is 7.53. The van der Waals surface area contributed by atoms with Gasteiger partial charge in [0, 0.05) is 43.9 Å².